The van der Waals surface area contributed by atoms with Gasteiger partial charge in [-0.2, -0.15) is 5.26 Å². The second-order valence-corrected chi connectivity index (χ2v) is 4.45. The zero-order chi connectivity index (χ0) is 15.8. The van der Waals surface area contributed by atoms with Gasteiger partial charge in [-0.05, 0) is 37.6 Å². The summed E-state index contributed by atoms with van der Waals surface area (Å²) in [4.78, 5) is 22.2. The first-order valence-electron chi connectivity index (χ1n) is 6.26. The summed E-state index contributed by atoms with van der Waals surface area (Å²) in [5.41, 5.74) is 5.52. The summed E-state index contributed by atoms with van der Waals surface area (Å²) in [6.07, 6.45) is 1.13. The third-order valence-electron chi connectivity index (χ3n) is 2.26. The minimum atomic E-state index is -0.665. The Morgan fingerprint density at radius 1 is 1.33 bits per heavy atom. The largest absolute Gasteiger partial charge is 0.484 e. The molecule has 110 valence electrons. The number of nitrogens with zero attached hydrogens (tertiary/aromatic N) is 1. The molecule has 0 aliphatic heterocycles. The number of hydrogen-bond acceptors (Lipinski definition) is 5. The van der Waals surface area contributed by atoms with Crippen LogP contribution in [0.5, 0.6) is 5.75 Å². The average Bonchev–Trinajstić information content (AvgIpc) is 2.42. The van der Waals surface area contributed by atoms with Crippen LogP contribution in [0.2, 0.25) is 0 Å². The molecular weight excluding hydrogens is 272 g/mol. The summed E-state index contributed by atoms with van der Waals surface area (Å²) in [5, 5.41) is 8.98. The van der Waals surface area contributed by atoms with Gasteiger partial charge in [0.1, 0.15) is 17.4 Å². The molecule has 0 bridgehead atoms. The van der Waals surface area contributed by atoms with Crippen LogP contribution >= 0.6 is 0 Å². The lowest BCUT2D eigenvalue weighted by Crippen LogP contribution is -2.19. The number of nitrogens with two attached hydrogens (primary N) is 1. The summed E-state index contributed by atoms with van der Waals surface area (Å²) < 4.78 is 10.1. The number of nitriles is 1. The van der Waals surface area contributed by atoms with Crippen LogP contribution in [0.3, 0.4) is 0 Å². The van der Waals surface area contributed by atoms with E-state index in [1.54, 1.807) is 44.2 Å². The number of primary amides is 1. The van der Waals surface area contributed by atoms with Gasteiger partial charge < -0.3 is 15.2 Å². The van der Waals surface area contributed by atoms with Gasteiger partial charge in [0.15, 0.2) is 6.61 Å². The number of benzene rings is 1. The summed E-state index contributed by atoms with van der Waals surface area (Å²) in [7, 11) is 0. The van der Waals surface area contributed by atoms with Gasteiger partial charge in [0, 0.05) is 0 Å². The van der Waals surface area contributed by atoms with Crippen LogP contribution in [0.25, 0.3) is 6.08 Å². The van der Waals surface area contributed by atoms with Crippen molar-refractivity contribution in [3.8, 4) is 11.8 Å². The van der Waals surface area contributed by atoms with E-state index in [0.717, 1.165) is 0 Å². The molecule has 6 heteroatoms. The van der Waals surface area contributed by atoms with Gasteiger partial charge in [0.2, 0.25) is 0 Å². The molecule has 1 amide bonds. The Balaban J connectivity index is 2.80. The second-order valence-electron chi connectivity index (χ2n) is 4.45. The van der Waals surface area contributed by atoms with Gasteiger partial charge in [-0.3, -0.25) is 4.79 Å². The molecule has 21 heavy (non-hydrogen) atoms. The summed E-state index contributed by atoms with van der Waals surface area (Å²) >= 11 is 0. The lowest BCUT2D eigenvalue weighted by Gasteiger charge is -2.07. The highest BCUT2D eigenvalue weighted by atomic mass is 16.5. The molecule has 0 spiro atoms. The monoisotopic (exact) mass is 288 g/mol. The van der Waals surface area contributed by atoms with E-state index in [1.165, 1.54) is 6.08 Å². The Morgan fingerprint density at radius 2 is 1.95 bits per heavy atom. The van der Waals surface area contributed by atoms with Crippen LogP contribution < -0.4 is 10.5 Å². The summed E-state index contributed by atoms with van der Waals surface area (Å²) in [5.74, 6) is -0.766. The number of esters is 1. The molecular formula is C15H16N2O4. The highest BCUT2D eigenvalue weighted by molar-refractivity contribution is 5.97. The van der Waals surface area contributed by atoms with Crippen molar-refractivity contribution in [2.24, 2.45) is 5.73 Å². The van der Waals surface area contributed by atoms with E-state index in [0.29, 0.717) is 11.3 Å². The molecule has 6 nitrogen and oxygen atoms in total. The topological polar surface area (TPSA) is 102 Å². The maximum Gasteiger partial charge on any atom is 0.349 e. The molecule has 1 rings (SSSR count). The van der Waals surface area contributed by atoms with Crippen LogP contribution in [0.4, 0.5) is 0 Å². The van der Waals surface area contributed by atoms with E-state index in [1.807, 2.05) is 0 Å². The minimum Gasteiger partial charge on any atom is -0.484 e. The molecule has 0 saturated carbocycles. The Labute approximate surface area is 122 Å². The number of amides is 1. The van der Waals surface area contributed by atoms with E-state index >= 15 is 0 Å². The molecule has 1 aromatic carbocycles. The van der Waals surface area contributed by atoms with Crippen LogP contribution in [0.15, 0.2) is 29.8 Å². The van der Waals surface area contributed by atoms with Crippen molar-refractivity contribution in [3.63, 3.8) is 0 Å². The van der Waals surface area contributed by atoms with Crippen molar-refractivity contribution >= 4 is 18.0 Å². The minimum absolute atomic E-state index is 0.0884. The highest BCUT2D eigenvalue weighted by Gasteiger charge is 2.12. The molecule has 0 atom stereocenters. The van der Waals surface area contributed by atoms with Crippen LogP contribution in [-0.4, -0.2) is 24.6 Å². The Bertz CT molecular complexity index is 583. The van der Waals surface area contributed by atoms with Crippen molar-refractivity contribution in [3.05, 3.63) is 35.4 Å². The number of carbonyl (C=O) groups excluding carboxylic acids is 2. The Kier molecular flexibility index (Phi) is 5.96. The lowest BCUT2D eigenvalue weighted by molar-refractivity contribution is -0.142. The van der Waals surface area contributed by atoms with E-state index in [2.05, 4.69) is 0 Å². The number of carbonyl (C=O) groups is 2. The van der Waals surface area contributed by atoms with Gasteiger partial charge >= 0.3 is 5.97 Å². The quantitative estimate of drug-likeness (QED) is 0.484. The lowest BCUT2D eigenvalue weighted by atomic mass is 10.1. The second kappa shape index (κ2) is 7.70. The molecule has 0 saturated heterocycles. The molecule has 0 aromatic heterocycles. The summed E-state index contributed by atoms with van der Waals surface area (Å²) in [6, 6.07) is 8.32. The van der Waals surface area contributed by atoms with Crippen molar-refractivity contribution in [2.75, 3.05) is 6.61 Å². The average molecular weight is 288 g/mol. The molecule has 0 heterocycles. The third kappa shape index (κ3) is 5.78. The Hall–Kier alpha value is -2.81. The fourth-order valence-corrected chi connectivity index (χ4v) is 1.40. The number of ether oxygens (including phenoxy) is 2. The predicted octanol–water partition coefficient (Wildman–Crippen LogP) is 1.41. The van der Waals surface area contributed by atoms with E-state index < -0.39 is 11.9 Å². The van der Waals surface area contributed by atoms with Gasteiger partial charge in [0.05, 0.1) is 6.10 Å². The first-order chi connectivity index (χ1) is 9.92. The predicted molar refractivity (Wildman–Crippen MR) is 75.9 cm³/mol. The number of rotatable bonds is 6. The van der Waals surface area contributed by atoms with Crippen LogP contribution in [0.1, 0.15) is 19.4 Å². The van der Waals surface area contributed by atoms with E-state index in [9.17, 15) is 9.59 Å². The Morgan fingerprint density at radius 3 is 2.43 bits per heavy atom. The molecule has 1 aromatic rings. The van der Waals surface area contributed by atoms with Gasteiger partial charge in [-0.25, -0.2) is 4.79 Å². The SMILES string of the molecule is CC(C)OC(=O)C(C#N)=Cc1ccc(OCC(N)=O)cc1. The zero-order valence-corrected chi connectivity index (χ0v) is 11.8. The third-order valence-corrected chi connectivity index (χ3v) is 2.26. The van der Waals surface area contributed by atoms with Crippen molar-refractivity contribution < 1.29 is 19.1 Å². The van der Waals surface area contributed by atoms with Crippen molar-refractivity contribution in [1.82, 2.24) is 0 Å². The maximum absolute atomic E-state index is 11.6. The molecule has 2 N–H and O–H groups in total. The van der Waals surface area contributed by atoms with Crippen LogP contribution in [0, 0.1) is 11.3 Å². The van der Waals surface area contributed by atoms with E-state index in [-0.39, 0.29) is 18.3 Å². The molecule has 0 aliphatic carbocycles. The standard InChI is InChI=1S/C15H16N2O4/c1-10(2)21-15(19)12(8-16)7-11-3-5-13(6-4-11)20-9-14(17)18/h3-7,10H,9H2,1-2H3,(H2,17,18). The van der Waals surface area contributed by atoms with Crippen molar-refractivity contribution in [2.45, 2.75) is 20.0 Å². The van der Waals surface area contributed by atoms with Gasteiger partial charge in [0.25, 0.3) is 5.91 Å². The molecule has 0 fully saturated rings. The van der Waals surface area contributed by atoms with Gasteiger partial charge in [-0.15, -0.1) is 0 Å². The molecule has 0 unspecified atom stereocenters. The smallest absolute Gasteiger partial charge is 0.349 e. The highest BCUT2D eigenvalue weighted by Crippen LogP contribution is 2.15. The first kappa shape index (κ1) is 16.2. The fraction of sp³-hybridized carbons (Fsp3) is 0.267. The van der Waals surface area contributed by atoms with E-state index in [4.69, 9.17) is 20.5 Å². The number of hydrogen-bond donors (Lipinski definition) is 1. The fourth-order valence-electron chi connectivity index (χ4n) is 1.40. The summed E-state index contributed by atoms with van der Waals surface area (Å²) in [6.45, 7) is 3.20. The first-order valence-corrected chi connectivity index (χ1v) is 6.26. The maximum atomic E-state index is 11.6. The van der Waals surface area contributed by atoms with Crippen molar-refractivity contribution in [1.29, 1.82) is 5.26 Å². The zero-order valence-electron chi connectivity index (χ0n) is 11.8. The van der Waals surface area contributed by atoms with Gasteiger partial charge in [-0.1, -0.05) is 12.1 Å². The normalized spacial score (nSPS) is 10.9. The molecule has 0 aliphatic rings. The van der Waals surface area contributed by atoms with Crippen LogP contribution in [-0.2, 0) is 14.3 Å². The molecule has 0 radical (unpaired) electrons.